The molecule has 2 aliphatic heterocycles. The zero-order valence-corrected chi connectivity index (χ0v) is 11.6. The first-order valence-electron chi connectivity index (χ1n) is 6.78. The quantitative estimate of drug-likeness (QED) is 0.758. The van der Waals surface area contributed by atoms with Crippen LogP contribution >= 0.6 is 0 Å². The molecular weight excluding hydrogens is 264 g/mol. The highest BCUT2D eigenvalue weighted by Gasteiger charge is 2.27. The highest BCUT2D eigenvalue weighted by Crippen LogP contribution is 2.17. The summed E-state index contributed by atoms with van der Waals surface area (Å²) in [4.78, 5) is 37.3. The van der Waals surface area contributed by atoms with Crippen LogP contribution in [0.2, 0.25) is 0 Å². The van der Waals surface area contributed by atoms with E-state index in [9.17, 15) is 14.4 Å². The summed E-state index contributed by atoms with van der Waals surface area (Å²) >= 11 is 0. The second-order valence-corrected chi connectivity index (χ2v) is 4.97. The molecule has 8 nitrogen and oxygen atoms in total. The van der Waals surface area contributed by atoms with Crippen molar-refractivity contribution in [3.63, 3.8) is 0 Å². The molecule has 2 rings (SSSR count). The number of nitrogens with zero attached hydrogens (tertiary/aromatic N) is 2. The van der Waals surface area contributed by atoms with Crippen LogP contribution < -0.4 is 10.6 Å². The van der Waals surface area contributed by atoms with Gasteiger partial charge in [-0.1, -0.05) is 0 Å². The number of hydrogen-bond donors (Lipinski definition) is 2. The van der Waals surface area contributed by atoms with Crippen LogP contribution in [-0.2, 0) is 4.74 Å². The van der Waals surface area contributed by atoms with Crippen molar-refractivity contribution in [1.82, 2.24) is 20.4 Å². The molecule has 5 amide bonds. The van der Waals surface area contributed by atoms with Gasteiger partial charge in [0.1, 0.15) is 0 Å². The molecule has 0 aliphatic carbocycles. The molecule has 2 N–H and O–H groups in total. The number of amides is 5. The van der Waals surface area contributed by atoms with Crippen LogP contribution in [0.25, 0.3) is 0 Å². The lowest BCUT2D eigenvalue weighted by atomic mass is 9.97. The fourth-order valence-electron chi connectivity index (χ4n) is 2.44. The highest BCUT2D eigenvalue weighted by atomic mass is 16.5. The first kappa shape index (κ1) is 14.4. The van der Waals surface area contributed by atoms with Gasteiger partial charge in [0.25, 0.3) is 0 Å². The Morgan fingerprint density at radius 2 is 2.05 bits per heavy atom. The van der Waals surface area contributed by atoms with Crippen molar-refractivity contribution in [3.05, 3.63) is 0 Å². The molecule has 0 unspecified atom stereocenters. The van der Waals surface area contributed by atoms with E-state index in [0.717, 1.165) is 12.8 Å². The maximum absolute atomic E-state index is 11.8. The Kier molecular flexibility index (Phi) is 4.65. The Hall–Kier alpha value is -1.99. The molecule has 20 heavy (non-hydrogen) atoms. The second-order valence-electron chi connectivity index (χ2n) is 4.97. The maximum atomic E-state index is 11.8. The average molecular weight is 284 g/mol. The Bertz CT molecular complexity index is 393. The lowest BCUT2D eigenvalue weighted by molar-refractivity contribution is 0.105. The van der Waals surface area contributed by atoms with Crippen molar-refractivity contribution < 1.29 is 19.1 Å². The minimum Gasteiger partial charge on any atom is -0.453 e. The third-order valence-electron chi connectivity index (χ3n) is 3.69. The summed E-state index contributed by atoms with van der Waals surface area (Å²) < 4.78 is 4.67. The standard InChI is InChI=1S/C12H20N4O4/c1-20-12(19)15-5-2-9(3-6-15)8-14-11(18)16-7-4-13-10(16)17/h9H,2-8H2,1H3,(H,13,17)(H,14,18). The van der Waals surface area contributed by atoms with Crippen molar-refractivity contribution >= 4 is 18.2 Å². The average Bonchev–Trinajstić information content (AvgIpc) is 2.90. The van der Waals surface area contributed by atoms with E-state index < -0.39 is 0 Å². The number of likely N-dealkylation sites (tertiary alicyclic amines) is 1. The molecule has 2 aliphatic rings. The molecule has 8 heteroatoms. The van der Waals surface area contributed by atoms with E-state index in [2.05, 4.69) is 15.4 Å². The molecule has 0 aromatic carbocycles. The van der Waals surface area contributed by atoms with Gasteiger partial charge in [-0.2, -0.15) is 0 Å². The smallest absolute Gasteiger partial charge is 0.409 e. The molecule has 0 atom stereocenters. The van der Waals surface area contributed by atoms with E-state index in [1.54, 1.807) is 4.90 Å². The molecule has 0 bridgehead atoms. The summed E-state index contributed by atoms with van der Waals surface area (Å²) in [6.45, 7) is 2.71. The monoisotopic (exact) mass is 284 g/mol. The number of hydrogen-bond acceptors (Lipinski definition) is 4. The Labute approximate surface area is 117 Å². The van der Waals surface area contributed by atoms with Gasteiger partial charge in [0.05, 0.1) is 7.11 Å². The van der Waals surface area contributed by atoms with Crippen LogP contribution in [0.4, 0.5) is 14.4 Å². The normalized spacial score (nSPS) is 19.8. The third-order valence-corrected chi connectivity index (χ3v) is 3.69. The minimum atomic E-state index is -0.351. The van der Waals surface area contributed by atoms with Gasteiger partial charge in [-0.3, -0.25) is 0 Å². The molecule has 2 saturated heterocycles. The molecule has 2 heterocycles. The first-order valence-corrected chi connectivity index (χ1v) is 6.78. The fourth-order valence-corrected chi connectivity index (χ4v) is 2.44. The molecule has 2 fully saturated rings. The van der Waals surface area contributed by atoms with Gasteiger partial charge in [0.15, 0.2) is 0 Å². The second kappa shape index (κ2) is 6.44. The van der Waals surface area contributed by atoms with Gasteiger partial charge < -0.3 is 20.3 Å². The number of carbonyl (C=O) groups excluding carboxylic acids is 3. The summed E-state index contributed by atoms with van der Waals surface area (Å²) in [5, 5.41) is 5.36. The molecule has 0 spiro atoms. The Morgan fingerprint density at radius 1 is 1.35 bits per heavy atom. The number of piperidine rings is 1. The largest absolute Gasteiger partial charge is 0.453 e. The molecule has 0 aromatic heterocycles. The highest BCUT2D eigenvalue weighted by molar-refractivity contribution is 5.94. The molecule has 0 radical (unpaired) electrons. The fraction of sp³-hybridized carbons (Fsp3) is 0.750. The number of ether oxygens (including phenoxy) is 1. The van der Waals surface area contributed by atoms with E-state index in [4.69, 9.17) is 0 Å². The predicted molar refractivity (Wildman–Crippen MR) is 70.2 cm³/mol. The molecular formula is C12H20N4O4. The van der Waals surface area contributed by atoms with Crippen LogP contribution in [-0.4, -0.2) is 67.8 Å². The summed E-state index contributed by atoms with van der Waals surface area (Å²) in [5.74, 6) is 0.325. The van der Waals surface area contributed by atoms with Crippen molar-refractivity contribution in [1.29, 1.82) is 0 Å². The summed E-state index contributed by atoms with van der Waals surface area (Å²) in [6.07, 6.45) is 1.34. The molecule has 0 aromatic rings. The van der Waals surface area contributed by atoms with Crippen LogP contribution in [0.1, 0.15) is 12.8 Å². The van der Waals surface area contributed by atoms with Crippen LogP contribution in [0.5, 0.6) is 0 Å². The van der Waals surface area contributed by atoms with Crippen molar-refractivity contribution in [2.24, 2.45) is 5.92 Å². The van der Waals surface area contributed by atoms with E-state index in [1.807, 2.05) is 0 Å². The zero-order chi connectivity index (χ0) is 14.5. The number of imide groups is 1. The third kappa shape index (κ3) is 3.31. The SMILES string of the molecule is COC(=O)N1CCC(CNC(=O)N2CCNC2=O)CC1. The van der Waals surface area contributed by atoms with E-state index in [-0.39, 0.29) is 18.2 Å². The van der Waals surface area contributed by atoms with Crippen LogP contribution in [0.15, 0.2) is 0 Å². The van der Waals surface area contributed by atoms with Crippen molar-refractivity contribution in [2.75, 3.05) is 39.8 Å². The Morgan fingerprint density at radius 3 is 2.60 bits per heavy atom. The van der Waals surface area contributed by atoms with E-state index in [1.165, 1.54) is 12.0 Å². The first-order chi connectivity index (χ1) is 9.61. The summed E-state index contributed by atoms with van der Waals surface area (Å²) in [6, 6.07) is -0.696. The van der Waals surface area contributed by atoms with E-state index in [0.29, 0.717) is 38.6 Å². The number of methoxy groups -OCH3 is 1. The predicted octanol–water partition coefficient (Wildman–Crippen LogP) is 0.200. The van der Waals surface area contributed by atoms with Gasteiger partial charge in [0.2, 0.25) is 0 Å². The number of carbonyl (C=O) groups is 3. The number of nitrogens with one attached hydrogen (secondary N) is 2. The van der Waals surface area contributed by atoms with Gasteiger partial charge in [-0.15, -0.1) is 0 Å². The number of urea groups is 2. The summed E-state index contributed by atoms with van der Waals surface area (Å²) in [5.41, 5.74) is 0. The van der Waals surface area contributed by atoms with E-state index >= 15 is 0 Å². The number of rotatable bonds is 2. The van der Waals surface area contributed by atoms with Crippen LogP contribution in [0, 0.1) is 5.92 Å². The van der Waals surface area contributed by atoms with Crippen LogP contribution in [0.3, 0.4) is 0 Å². The van der Waals surface area contributed by atoms with Gasteiger partial charge in [-0.25, -0.2) is 19.3 Å². The van der Waals surface area contributed by atoms with Crippen molar-refractivity contribution in [2.45, 2.75) is 12.8 Å². The van der Waals surface area contributed by atoms with Gasteiger partial charge in [0, 0.05) is 32.7 Å². The maximum Gasteiger partial charge on any atom is 0.409 e. The summed E-state index contributed by atoms with van der Waals surface area (Å²) in [7, 11) is 1.37. The topological polar surface area (TPSA) is 91.0 Å². The Balaban J connectivity index is 1.69. The molecule has 112 valence electrons. The lowest BCUT2D eigenvalue weighted by Gasteiger charge is -2.31. The molecule has 0 saturated carbocycles. The van der Waals surface area contributed by atoms with Gasteiger partial charge >= 0.3 is 18.2 Å². The zero-order valence-electron chi connectivity index (χ0n) is 11.6. The van der Waals surface area contributed by atoms with Gasteiger partial charge in [-0.05, 0) is 18.8 Å². The van der Waals surface area contributed by atoms with Crippen molar-refractivity contribution in [3.8, 4) is 0 Å². The lowest BCUT2D eigenvalue weighted by Crippen LogP contribution is -2.45. The minimum absolute atomic E-state index is 0.304.